The molecule has 200 valence electrons. The van der Waals surface area contributed by atoms with Gasteiger partial charge in [0.2, 0.25) is 5.88 Å². The number of pyridine rings is 1. The van der Waals surface area contributed by atoms with Crippen LogP contribution in [0.15, 0.2) is 35.4 Å². The standard InChI is InChI=1S/C25H36N6O.2C2H6/c1-6-11-31(12-7-2)22-14-21(29-25(16-22)32-13-10-26-5)17-27-30-20-8-9-24-23(15-20)18(3)19(4)28-24;2*1-2/h8-9,14-17,26,28,30H,6-7,10-13H2,1-5H3;2*1-2H3/b27-17+;;. The number of hydrogen-bond donors (Lipinski definition) is 3. The first kappa shape index (κ1) is 31.0. The Labute approximate surface area is 218 Å². The predicted octanol–water partition coefficient (Wildman–Crippen LogP) is 6.90. The van der Waals surface area contributed by atoms with Gasteiger partial charge in [0, 0.05) is 48.0 Å². The van der Waals surface area contributed by atoms with Crippen LogP contribution < -0.4 is 20.4 Å². The summed E-state index contributed by atoms with van der Waals surface area (Å²) in [6.45, 7) is 20.0. The molecule has 7 heteroatoms. The Morgan fingerprint density at radius 2 is 1.72 bits per heavy atom. The van der Waals surface area contributed by atoms with Gasteiger partial charge in [-0.15, -0.1) is 0 Å². The maximum Gasteiger partial charge on any atom is 0.215 e. The zero-order valence-corrected chi connectivity index (χ0v) is 24.0. The molecule has 0 fully saturated rings. The van der Waals surface area contributed by atoms with Crippen LogP contribution in [0.4, 0.5) is 11.4 Å². The summed E-state index contributed by atoms with van der Waals surface area (Å²) in [5, 5.41) is 8.76. The van der Waals surface area contributed by atoms with Crippen molar-refractivity contribution in [1.82, 2.24) is 15.3 Å². The van der Waals surface area contributed by atoms with Crippen molar-refractivity contribution >= 4 is 28.5 Å². The van der Waals surface area contributed by atoms with Crippen molar-refractivity contribution in [1.29, 1.82) is 0 Å². The lowest BCUT2D eigenvalue weighted by Crippen LogP contribution is -2.25. The zero-order chi connectivity index (χ0) is 26.9. The van der Waals surface area contributed by atoms with Gasteiger partial charge in [-0.3, -0.25) is 5.43 Å². The molecule has 0 aliphatic heterocycles. The first-order chi connectivity index (χ1) is 17.5. The molecular formula is C29H48N6O. The van der Waals surface area contributed by atoms with Crippen LogP contribution in [-0.2, 0) is 0 Å². The van der Waals surface area contributed by atoms with E-state index in [4.69, 9.17) is 4.74 Å². The first-order valence-corrected chi connectivity index (χ1v) is 13.5. The molecule has 7 nitrogen and oxygen atoms in total. The molecule has 1 aromatic carbocycles. The Kier molecular flexibility index (Phi) is 15.0. The third-order valence-electron chi connectivity index (χ3n) is 5.46. The fraction of sp³-hybridized carbons (Fsp3) is 0.517. The highest BCUT2D eigenvalue weighted by Crippen LogP contribution is 2.25. The second-order valence-electron chi connectivity index (χ2n) is 8.03. The number of hydrogen-bond acceptors (Lipinski definition) is 6. The van der Waals surface area contributed by atoms with Crippen molar-refractivity contribution < 1.29 is 4.74 Å². The number of aryl methyl sites for hydroxylation is 2. The molecule has 0 radical (unpaired) electrons. The summed E-state index contributed by atoms with van der Waals surface area (Å²) in [5.74, 6) is 0.622. The van der Waals surface area contributed by atoms with E-state index < -0.39 is 0 Å². The minimum absolute atomic E-state index is 0.568. The highest BCUT2D eigenvalue weighted by Gasteiger charge is 2.10. The van der Waals surface area contributed by atoms with Crippen LogP contribution in [0.3, 0.4) is 0 Å². The van der Waals surface area contributed by atoms with E-state index in [9.17, 15) is 0 Å². The average Bonchev–Trinajstić information content (AvgIpc) is 3.19. The van der Waals surface area contributed by atoms with Gasteiger partial charge in [-0.25, -0.2) is 4.98 Å². The molecule has 0 atom stereocenters. The number of ether oxygens (including phenoxy) is 1. The Morgan fingerprint density at radius 3 is 2.36 bits per heavy atom. The van der Waals surface area contributed by atoms with Gasteiger partial charge in [0.15, 0.2) is 0 Å². The van der Waals surface area contributed by atoms with Crippen molar-refractivity contribution in [2.24, 2.45) is 5.10 Å². The summed E-state index contributed by atoms with van der Waals surface area (Å²) in [6.07, 6.45) is 3.93. The molecule has 36 heavy (non-hydrogen) atoms. The van der Waals surface area contributed by atoms with Gasteiger partial charge in [-0.1, -0.05) is 41.5 Å². The molecule has 0 amide bonds. The number of nitrogens with zero attached hydrogens (tertiary/aromatic N) is 3. The third-order valence-corrected chi connectivity index (χ3v) is 5.46. The molecule has 0 saturated heterocycles. The largest absolute Gasteiger partial charge is 0.476 e. The predicted molar refractivity (Wildman–Crippen MR) is 158 cm³/mol. The fourth-order valence-corrected chi connectivity index (χ4v) is 3.71. The van der Waals surface area contributed by atoms with Gasteiger partial charge < -0.3 is 19.9 Å². The highest BCUT2D eigenvalue weighted by molar-refractivity contribution is 5.87. The van der Waals surface area contributed by atoms with Gasteiger partial charge in [-0.2, -0.15) is 5.10 Å². The number of aromatic amines is 1. The minimum atomic E-state index is 0.568. The number of anilines is 2. The van der Waals surface area contributed by atoms with Gasteiger partial charge in [-0.05, 0) is 63.6 Å². The van der Waals surface area contributed by atoms with Crippen molar-refractivity contribution in [3.8, 4) is 5.88 Å². The lowest BCUT2D eigenvalue weighted by atomic mass is 10.1. The van der Waals surface area contributed by atoms with Crippen molar-refractivity contribution in [3.05, 3.63) is 47.3 Å². The molecule has 3 rings (SSSR count). The summed E-state index contributed by atoms with van der Waals surface area (Å²) in [5.41, 5.74) is 9.56. The first-order valence-electron chi connectivity index (χ1n) is 13.5. The molecule has 0 spiro atoms. The fourth-order valence-electron chi connectivity index (χ4n) is 3.71. The Hall–Kier alpha value is -3.06. The van der Waals surface area contributed by atoms with Gasteiger partial charge in [0.05, 0.1) is 17.6 Å². The van der Waals surface area contributed by atoms with Crippen LogP contribution in [0.2, 0.25) is 0 Å². The van der Waals surface area contributed by atoms with E-state index in [0.29, 0.717) is 12.5 Å². The number of H-pyrrole nitrogens is 1. The van der Waals surface area contributed by atoms with Gasteiger partial charge >= 0.3 is 0 Å². The molecule has 3 aromatic rings. The number of nitrogens with one attached hydrogen (secondary N) is 3. The van der Waals surface area contributed by atoms with Crippen LogP contribution in [-0.4, -0.2) is 49.5 Å². The maximum atomic E-state index is 5.88. The van der Waals surface area contributed by atoms with E-state index in [-0.39, 0.29) is 0 Å². The number of hydrazone groups is 1. The van der Waals surface area contributed by atoms with E-state index in [1.54, 1.807) is 6.21 Å². The van der Waals surface area contributed by atoms with Crippen LogP contribution in [0.1, 0.15) is 71.3 Å². The van der Waals surface area contributed by atoms with E-state index in [1.807, 2.05) is 46.9 Å². The molecule has 2 heterocycles. The summed E-state index contributed by atoms with van der Waals surface area (Å²) < 4.78 is 5.88. The van der Waals surface area contributed by atoms with Crippen LogP contribution >= 0.6 is 0 Å². The van der Waals surface area contributed by atoms with Crippen LogP contribution in [0, 0.1) is 13.8 Å². The second kappa shape index (κ2) is 17.4. The SMILES string of the molecule is CC.CC.CCCN(CCC)c1cc(/C=N/Nc2ccc3[nH]c(C)c(C)c3c2)nc(OCCNC)c1. The van der Waals surface area contributed by atoms with Gasteiger partial charge in [0.25, 0.3) is 0 Å². The van der Waals surface area contributed by atoms with E-state index in [1.165, 1.54) is 16.6 Å². The van der Waals surface area contributed by atoms with E-state index in [0.717, 1.165) is 55.1 Å². The number of fused-ring (bicyclic) bond motifs is 1. The van der Waals surface area contributed by atoms with Crippen molar-refractivity contribution in [2.75, 3.05) is 43.6 Å². The smallest absolute Gasteiger partial charge is 0.215 e. The number of benzene rings is 1. The molecular weight excluding hydrogens is 448 g/mol. The third kappa shape index (κ3) is 9.19. The number of likely N-dealkylation sites (N-methyl/N-ethyl adjacent to an activating group) is 1. The number of rotatable bonds is 12. The molecule has 2 aromatic heterocycles. The van der Waals surface area contributed by atoms with Gasteiger partial charge in [0.1, 0.15) is 6.61 Å². The van der Waals surface area contributed by atoms with Crippen molar-refractivity contribution in [2.45, 2.75) is 68.2 Å². The van der Waals surface area contributed by atoms with Crippen LogP contribution in [0.25, 0.3) is 10.9 Å². The second-order valence-corrected chi connectivity index (χ2v) is 8.03. The molecule has 0 saturated carbocycles. The number of aromatic nitrogens is 2. The zero-order valence-electron chi connectivity index (χ0n) is 24.0. The molecule has 0 aliphatic rings. The molecule has 0 unspecified atom stereocenters. The van der Waals surface area contributed by atoms with Crippen molar-refractivity contribution in [3.63, 3.8) is 0 Å². The quantitative estimate of drug-likeness (QED) is 0.144. The van der Waals surface area contributed by atoms with E-state index in [2.05, 4.69) is 76.6 Å². The van der Waals surface area contributed by atoms with Crippen LogP contribution in [0.5, 0.6) is 5.88 Å². The lowest BCUT2D eigenvalue weighted by molar-refractivity contribution is 0.306. The minimum Gasteiger partial charge on any atom is -0.476 e. The molecule has 3 N–H and O–H groups in total. The Bertz CT molecular complexity index is 1040. The maximum absolute atomic E-state index is 5.88. The Balaban J connectivity index is 0.00000154. The lowest BCUT2D eigenvalue weighted by Gasteiger charge is -2.24. The summed E-state index contributed by atoms with van der Waals surface area (Å²) in [7, 11) is 1.91. The average molecular weight is 497 g/mol. The monoisotopic (exact) mass is 496 g/mol. The summed E-state index contributed by atoms with van der Waals surface area (Å²) in [6, 6.07) is 10.3. The topological polar surface area (TPSA) is 77.6 Å². The molecule has 0 aliphatic carbocycles. The summed E-state index contributed by atoms with van der Waals surface area (Å²) >= 11 is 0. The normalized spacial score (nSPS) is 10.5. The summed E-state index contributed by atoms with van der Waals surface area (Å²) in [4.78, 5) is 10.4. The Morgan fingerprint density at radius 1 is 1.03 bits per heavy atom. The van der Waals surface area contributed by atoms with E-state index >= 15 is 0 Å². The molecule has 0 bridgehead atoms. The highest BCUT2D eigenvalue weighted by atomic mass is 16.5.